The van der Waals surface area contributed by atoms with Crippen LogP contribution in [-0.4, -0.2) is 39.1 Å². The third-order valence-corrected chi connectivity index (χ3v) is 4.97. The molecule has 0 unspecified atom stereocenters. The van der Waals surface area contributed by atoms with Gasteiger partial charge in [0.05, 0.1) is 6.04 Å². The Morgan fingerprint density at radius 1 is 1.27 bits per heavy atom. The third kappa shape index (κ3) is 3.46. The highest BCUT2D eigenvalue weighted by molar-refractivity contribution is 6.02. The number of anilines is 1. The molecule has 26 heavy (non-hydrogen) atoms. The lowest BCUT2D eigenvalue weighted by molar-refractivity contribution is -0.116. The highest BCUT2D eigenvalue weighted by atomic mass is 16.1. The summed E-state index contributed by atoms with van der Waals surface area (Å²) in [6, 6.07) is 14.3. The molecule has 1 aromatic heterocycles. The highest BCUT2D eigenvalue weighted by Gasteiger charge is 2.29. The van der Waals surface area contributed by atoms with Crippen LogP contribution in [0.5, 0.6) is 0 Å². The van der Waals surface area contributed by atoms with Crippen LogP contribution in [-0.2, 0) is 4.79 Å². The number of H-pyrrole nitrogens is 1. The van der Waals surface area contributed by atoms with E-state index < -0.39 is 0 Å². The summed E-state index contributed by atoms with van der Waals surface area (Å²) in [4.78, 5) is 19.3. The van der Waals surface area contributed by atoms with Gasteiger partial charge < -0.3 is 5.32 Å². The van der Waals surface area contributed by atoms with E-state index in [2.05, 4.69) is 37.5 Å². The average Bonchev–Trinajstić information content (AvgIpc) is 3.29. The molecule has 0 saturated carbocycles. The van der Waals surface area contributed by atoms with E-state index in [1.807, 2.05) is 37.3 Å². The number of nitrogens with one attached hydrogen (secondary N) is 2. The van der Waals surface area contributed by atoms with Crippen LogP contribution in [0.15, 0.2) is 42.5 Å². The maximum absolute atomic E-state index is 12.5. The lowest BCUT2D eigenvalue weighted by Gasteiger charge is -2.21. The molecule has 6 heteroatoms. The van der Waals surface area contributed by atoms with Crippen LogP contribution in [0, 0.1) is 6.92 Å². The molecule has 1 aliphatic rings. The highest BCUT2D eigenvalue weighted by Crippen LogP contribution is 2.30. The van der Waals surface area contributed by atoms with Crippen molar-refractivity contribution in [3.63, 3.8) is 0 Å². The lowest BCUT2D eigenvalue weighted by atomic mass is 10.1. The second kappa shape index (κ2) is 7.25. The van der Waals surface area contributed by atoms with Crippen LogP contribution in [0.4, 0.5) is 5.69 Å². The van der Waals surface area contributed by atoms with Crippen LogP contribution < -0.4 is 5.32 Å². The number of hydrogen-bond donors (Lipinski definition) is 2. The molecule has 1 fully saturated rings. The van der Waals surface area contributed by atoms with E-state index in [4.69, 9.17) is 0 Å². The Balaban J connectivity index is 1.39. The molecule has 1 saturated heterocycles. The monoisotopic (exact) mass is 349 g/mol. The molecule has 1 aliphatic heterocycles. The van der Waals surface area contributed by atoms with Crippen LogP contribution in [0.1, 0.15) is 37.0 Å². The van der Waals surface area contributed by atoms with Crippen molar-refractivity contribution in [2.24, 2.45) is 0 Å². The normalized spacial score (nSPS) is 17.7. The van der Waals surface area contributed by atoms with Crippen LogP contribution in [0.25, 0.3) is 10.8 Å². The number of aromatic amines is 1. The second-order valence-corrected chi connectivity index (χ2v) is 6.80. The number of benzene rings is 2. The standard InChI is InChI=1S/C20H23N5O/c1-14-21-20(24-23-14)18-10-5-12-25(18)13-11-19(26)22-17-9-4-7-15-6-2-3-8-16(15)17/h2-4,6-9,18H,5,10-13H2,1H3,(H,22,26)(H,21,23,24)/t18-/m0/s1. The Kier molecular flexibility index (Phi) is 4.67. The maximum atomic E-state index is 12.5. The summed E-state index contributed by atoms with van der Waals surface area (Å²) in [7, 11) is 0. The van der Waals surface area contributed by atoms with Crippen molar-refractivity contribution < 1.29 is 4.79 Å². The van der Waals surface area contributed by atoms with Gasteiger partial charge in [0.1, 0.15) is 5.82 Å². The van der Waals surface area contributed by atoms with Crippen molar-refractivity contribution in [1.29, 1.82) is 0 Å². The van der Waals surface area contributed by atoms with Gasteiger partial charge in [-0.15, -0.1) is 0 Å². The first-order valence-corrected chi connectivity index (χ1v) is 9.11. The van der Waals surface area contributed by atoms with E-state index in [1.54, 1.807) is 0 Å². The quantitative estimate of drug-likeness (QED) is 0.740. The Labute approximate surface area is 152 Å². The van der Waals surface area contributed by atoms with Gasteiger partial charge in [-0.05, 0) is 37.8 Å². The lowest BCUT2D eigenvalue weighted by Crippen LogP contribution is -2.28. The predicted octanol–water partition coefficient (Wildman–Crippen LogP) is 3.43. The van der Waals surface area contributed by atoms with Crippen molar-refractivity contribution in [1.82, 2.24) is 20.1 Å². The minimum Gasteiger partial charge on any atom is -0.325 e. The minimum atomic E-state index is 0.0400. The number of carbonyl (C=O) groups is 1. The third-order valence-electron chi connectivity index (χ3n) is 4.97. The number of amides is 1. The first-order chi connectivity index (χ1) is 12.7. The fourth-order valence-corrected chi connectivity index (χ4v) is 3.69. The molecule has 2 heterocycles. The molecule has 0 spiro atoms. The molecular weight excluding hydrogens is 326 g/mol. The van der Waals surface area contributed by atoms with Gasteiger partial charge in [-0.25, -0.2) is 4.98 Å². The molecule has 0 radical (unpaired) electrons. The van der Waals surface area contributed by atoms with Gasteiger partial charge in [0.2, 0.25) is 5.91 Å². The minimum absolute atomic E-state index is 0.0400. The summed E-state index contributed by atoms with van der Waals surface area (Å²) in [6.07, 6.45) is 2.62. The van der Waals surface area contributed by atoms with Crippen LogP contribution in [0.3, 0.4) is 0 Å². The van der Waals surface area contributed by atoms with Gasteiger partial charge in [0.25, 0.3) is 0 Å². The second-order valence-electron chi connectivity index (χ2n) is 6.80. The molecule has 2 N–H and O–H groups in total. The fourth-order valence-electron chi connectivity index (χ4n) is 3.69. The summed E-state index contributed by atoms with van der Waals surface area (Å²) >= 11 is 0. The molecule has 134 valence electrons. The summed E-state index contributed by atoms with van der Waals surface area (Å²) in [5, 5.41) is 12.5. The van der Waals surface area contributed by atoms with Gasteiger partial charge in [-0.2, -0.15) is 5.10 Å². The maximum Gasteiger partial charge on any atom is 0.225 e. The molecule has 1 atom stereocenters. The molecule has 4 rings (SSSR count). The van der Waals surface area contributed by atoms with Gasteiger partial charge >= 0.3 is 0 Å². The number of nitrogens with zero attached hydrogens (tertiary/aromatic N) is 3. The number of rotatable bonds is 5. The number of hydrogen-bond acceptors (Lipinski definition) is 4. The van der Waals surface area contributed by atoms with Crippen LogP contribution in [0.2, 0.25) is 0 Å². The van der Waals surface area contributed by atoms with Crippen molar-refractivity contribution in [2.45, 2.75) is 32.2 Å². The van der Waals surface area contributed by atoms with E-state index in [0.29, 0.717) is 6.42 Å². The van der Waals surface area contributed by atoms with Gasteiger partial charge in [-0.3, -0.25) is 14.8 Å². The molecule has 2 aromatic carbocycles. The van der Waals surface area contributed by atoms with E-state index in [0.717, 1.165) is 54.0 Å². The van der Waals surface area contributed by atoms with E-state index in [1.165, 1.54) is 0 Å². The Bertz CT molecular complexity index is 914. The van der Waals surface area contributed by atoms with E-state index >= 15 is 0 Å². The number of carbonyl (C=O) groups excluding carboxylic acids is 1. The zero-order valence-electron chi connectivity index (χ0n) is 14.9. The summed E-state index contributed by atoms with van der Waals surface area (Å²) < 4.78 is 0. The average molecular weight is 349 g/mol. The first-order valence-electron chi connectivity index (χ1n) is 9.11. The molecule has 1 amide bonds. The number of aryl methyl sites for hydroxylation is 1. The fraction of sp³-hybridized carbons (Fsp3) is 0.350. The number of likely N-dealkylation sites (tertiary alicyclic amines) is 1. The molecule has 3 aromatic rings. The van der Waals surface area contributed by atoms with Crippen LogP contribution >= 0.6 is 0 Å². The van der Waals surface area contributed by atoms with Crippen molar-refractivity contribution in [2.75, 3.05) is 18.4 Å². The zero-order chi connectivity index (χ0) is 17.9. The zero-order valence-corrected chi connectivity index (χ0v) is 14.9. The molecule has 0 bridgehead atoms. The molecule has 6 nitrogen and oxygen atoms in total. The largest absolute Gasteiger partial charge is 0.325 e. The van der Waals surface area contributed by atoms with E-state index in [9.17, 15) is 4.79 Å². The van der Waals surface area contributed by atoms with Gasteiger partial charge in [0.15, 0.2) is 5.82 Å². The summed E-state index contributed by atoms with van der Waals surface area (Å²) in [5.41, 5.74) is 0.871. The van der Waals surface area contributed by atoms with Crippen molar-refractivity contribution in [3.05, 3.63) is 54.1 Å². The Morgan fingerprint density at radius 3 is 2.96 bits per heavy atom. The smallest absolute Gasteiger partial charge is 0.225 e. The predicted molar refractivity (Wildman–Crippen MR) is 102 cm³/mol. The Morgan fingerprint density at radius 2 is 2.12 bits per heavy atom. The number of fused-ring (bicyclic) bond motifs is 1. The van der Waals surface area contributed by atoms with E-state index in [-0.39, 0.29) is 11.9 Å². The SMILES string of the molecule is Cc1nc([C@@H]2CCCN2CCC(=O)Nc2cccc3ccccc23)n[nH]1. The Hall–Kier alpha value is -2.73. The number of aromatic nitrogens is 3. The first kappa shape index (κ1) is 16.7. The van der Waals surface area contributed by atoms with Crippen molar-refractivity contribution >= 4 is 22.4 Å². The molecule has 0 aliphatic carbocycles. The van der Waals surface area contributed by atoms with Gasteiger partial charge in [0, 0.05) is 24.0 Å². The van der Waals surface area contributed by atoms with Gasteiger partial charge in [-0.1, -0.05) is 36.4 Å². The summed E-state index contributed by atoms with van der Waals surface area (Å²) in [5.74, 6) is 1.72. The molecular formula is C20H23N5O. The topological polar surface area (TPSA) is 73.9 Å². The van der Waals surface area contributed by atoms with Crippen molar-refractivity contribution in [3.8, 4) is 0 Å². The summed E-state index contributed by atoms with van der Waals surface area (Å²) in [6.45, 7) is 3.61.